The molecule has 3 heteroatoms. The smallest absolute Gasteiger partial charge is 0.117 e. The summed E-state index contributed by atoms with van der Waals surface area (Å²) in [5.41, 5.74) is 0.739. The lowest BCUT2D eigenvalue weighted by Gasteiger charge is -2.00. The van der Waals surface area contributed by atoms with Gasteiger partial charge in [0.1, 0.15) is 6.67 Å². The van der Waals surface area contributed by atoms with E-state index in [1.165, 1.54) is 0 Å². The Morgan fingerprint density at radius 3 is 2.60 bits per heavy atom. The number of halogens is 3. The van der Waals surface area contributed by atoms with Crippen molar-refractivity contribution < 1.29 is 4.39 Å². The molecule has 0 aliphatic rings. The van der Waals surface area contributed by atoms with Gasteiger partial charge in [-0.05, 0) is 34.7 Å². The fourth-order valence-electron chi connectivity index (χ4n) is 0.660. The molecule has 1 aromatic carbocycles. The van der Waals surface area contributed by atoms with E-state index < -0.39 is 6.67 Å². The highest BCUT2D eigenvalue weighted by atomic mass is 127. The van der Waals surface area contributed by atoms with Gasteiger partial charge in [0.15, 0.2) is 0 Å². The van der Waals surface area contributed by atoms with Crippen molar-refractivity contribution in [2.24, 2.45) is 0 Å². The summed E-state index contributed by atoms with van der Waals surface area (Å²) in [7, 11) is 0. The molecule has 0 bridgehead atoms. The third-order valence-electron chi connectivity index (χ3n) is 1.20. The van der Waals surface area contributed by atoms with E-state index >= 15 is 0 Å². The second-order valence-corrected chi connectivity index (χ2v) is 3.85. The van der Waals surface area contributed by atoms with Crippen LogP contribution in [0, 0.1) is 3.57 Å². The van der Waals surface area contributed by atoms with Crippen molar-refractivity contribution in [3.05, 3.63) is 31.8 Å². The number of rotatable bonds is 1. The third kappa shape index (κ3) is 1.69. The number of benzene rings is 1. The Labute approximate surface area is 81.1 Å². The largest absolute Gasteiger partial charge is 0.246 e. The molecule has 0 nitrogen and oxygen atoms in total. The zero-order chi connectivity index (χ0) is 7.56. The highest BCUT2D eigenvalue weighted by Crippen LogP contribution is 2.22. The minimum Gasteiger partial charge on any atom is -0.246 e. The quantitative estimate of drug-likeness (QED) is 0.696. The molecule has 0 aliphatic carbocycles. The van der Waals surface area contributed by atoms with Crippen LogP contribution in [0.3, 0.4) is 0 Å². The van der Waals surface area contributed by atoms with Gasteiger partial charge in [0.25, 0.3) is 0 Å². The zero-order valence-electron chi connectivity index (χ0n) is 5.07. The molecule has 0 heterocycles. The minimum atomic E-state index is -0.403. The van der Waals surface area contributed by atoms with Crippen LogP contribution in [-0.2, 0) is 6.67 Å². The van der Waals surface area contributed by atoms with E-state index in [1.807, 2.05) is 18.2 Å². The molecule has 0 fully saturated rings. The number of hydrogen-bond acceptors (Lipinski definition) is 0. The second-order valence-electron chi connectivity index (χ2n) is 1.83. The maximum absolute atomic E-state index is 12.2. The first-order valence-electron chi connectivity index (χ1n) is 2.74. The molecule has 10 heavy (non-hydrogen) atoms. The zero-order valence-corrected chi connectivity index (χ0v) is 8.82. The Hall–Kier alpha value is 0.360. The van der Waals surface area contributed by atoms with Crippen molar-refractivity contribution in [2.45, 2.75) is 6.67 Å². The molecule has 0 saturated carbocycles. The molecule has 0 N–H and O–H groups in total. The first-order valence-corrected chi connectivity index (χ1v) is 4.61. The second kappa shape index (κ2) is 3.67. The monoisotopic (exact) mass is 314 g/mol. The van der Waals surface area contributed by atoms with Crippen LogP contribution >= 0.6 is 38.5 Å². The van der Waals surface area contributed by atoms with Crippen molar-refractivity contribution in [3.63, 3.8) is 0 Å². The van der Waals surface area contributed by atoms with Crippen LogP contribution in [0.5, 0.6) is 0 Å². The standard InChI is InChI=1S/C7H5BrFI/c8-6-2-1-3-7(10)5(6)4-9/h1-3H,4H2. The Morgan fingerprint density at radius 1 is 1.50 bits per heavy atom. The predicted octanol–water partition coefficient (Wildman–Crippen LogP) is 3.52. The summed E-state index contributed by atoms with van der Waals surface area (Å²) in [5, 5.41) is 0. The van der Waals surface area contributed by atoms with Crippen LogP contribution in [-0.4, -0.2) is 0 Å². The first-order chi connectivity index (χ1) is 4.75. The Kier molecular flexibility index (Phi) is 3.10. The molecule has 0 spiro atoms. The lowest BCUT2D eigenvalue weighted by atomic mass is 10.2. The van der Waals surface area contributed by atoms with E-state index in [2.05, 4.69) is 38.5 Å². The van der Waals surface area contributed by atoms with Crippen molar-refractivity contribution in [3.8, 4) is 0 Å². The summed E-state index contributed by atoms with van der Waals surface area (Å²) in [6.07, 6.45) is 0. The Balaban J connectivity index is 3.17. The van der Waals surface area contributed by atoms with Crippen LogP contribution in [0.1, 0.15) is 5.56 Å². The maximum Gasteiger partial charge on any atom is 0.117 e. The van der Waals surface area contributed by atoms with Crippen molar-refractivity contribution in [1.82, 2.24) is 0 Å². The molecule has 0 atom stereocenters. The van der Waals surface area contributed by atoms with Crippen LogP contribution in [0.4, 0.5) is 4.39 Å². The first kappa shape index (κ1) is 8.46. The van der Waals surface area contributed by atoms with E-state index in [9.17, 15) is 4.39 Å². The molecule has 0 saturated heterocycles. The van der Waals surface area contributed by atoms with Gasteiger partial charge in [-0.2, -0.15) is 0 Å². The van der Waals surface area contributed by atoms with Crippen LogP contribution in [0.25, 0.3) is 0 Å². The van der Waals surface area contributed by atoms with Crippen LogP contribution in [0.15, 0.2) is 22.7 Å². The molecule has 1 rings (SSSR count). The van der Waals surface area contributed by atoms with Crippen molar-refractivity contribution in [1.29, 1.82) is 0 Å². The summed E-state index contributed by atoms with van der Waals surface area (Å²) < 4.78 is 14.0. The predicted molar refractivity (Wildman–Crippen MR) is 51.7 cm³/mol. The molecule has 1 aromatic rings. The lowest BCUT2D eigenvalue weighted by molar-refractivity contribution is 0.482. The van der Waals surface area contributed by atoms with E-state index in [-0.39, 0.29) is 0 Å². The fraction of sp³-hybridized carbons (Fsp3) is 0.143. The Morgan fingerprint density at radius 2 is 2.20 bits per heavy atom. The van der Waals surface area contributed by atoms with Gasteiger partial charge in [-0.25, -0.2) is 4.39 Å². The molecule has 0 aliphatic heterocycles. The molecular formula is C7H5BrFI. The van der Waals surface area contributed by atoms with Gasteiger partial charge in [0.2, 0.25) is 0 Å². The molecule has 0 amide bonds. The molecule has 0 radical (unpaired) electrons. The lowest BCUT2D eigenvalue weighted by Crippen LogP contribution is -1.85. The fourth-order valence-corrected chi connectivity index (χ4v) is 2.15. The average Bonchev–Trinajstić information content (AvgIpc) is 1.88. The van der Waals surface area contributed by atoms with E-state index in [1.54, 1.807) is 0 Å². The molecule has 54 valence electrons. The number of hydrogen-bond donors (Lipinski definition) is 0. The summed E-state index contributed by atoms with van der Waals surface area (Å²) in [4.78, 5) is 0. The number of alkyl halides is 1. The molecule has 0 aromatic heterocycles. The highest BCUT2D eigenvalue weighted by molar-refractivity contribution is 14.1. The summed E-state index contributed by atoms with van der Waals surface area (Å²) in [6.45, 7) is -0.403. The van der Waals surface area contributed by atoms with Crippen LogP contribution in [0.2, 0.25) is 0 Å². The SMILES string of the molecule is FCc1c(Br)cccc1I. The molecular weight excluding hydrogens is 310 g/mol. The van der Waals surface area contributed by atoms with E-state index in [4.69, 9.17) is 0 Å². The summed E-state index contributed by atoms with van der Waals surface area (Å²) >= 11 is 5.38. The van der Waals surface area contributed by atoms with Gasteiger partial charge in [-0.3, -0.25) is 0 Å². The average molecular weight is 315 g/mol. The summed E-state index contributed by atoms with van der Waals surface area (Å²) in [6, 6.07) is 5.63. The Bertz CT molecular complexity index is 217. The third-order valence-corrected chi connectivity index (χ3v) is 2.95. The minimum absolute atomic E-state index is 0.403. The van der Waals surface area contributed by atoms with Gasteiger partial charge in [0.05, 0.1) is 0 Å². The van der Waals surface area contributed by atoms with E-state index in [0.29, 0.717) is 0 Å². The van der Waals surface area contributed by atoms with Gasteiger partial charge in [0, 0.05) is 13.6 Å². The topological polar surface area (TPSA) is 0 Å². The van der Waals surface area contributed by atoms with Gasteiger partial charge in [-0.15, -0.1) is 0 Å². The normalized spacial score (nSPS) is 9.90. The van der Waals surface area contributed by atoms with Crippen LogP contribution < -0.4 is 0 Å². The molecule has 0 unspecified atom stereocenters. The highest BCUT2D eigenvalue weighted by Gasteiger charge is 2.01. The van der Waals surface area contributed by atoms with Crippen molar-refractivity contribution in [2.75, 3.05) is 0 Å². The maximum atomic E-state index is 12.2. The van der Waals surface area contributed by atoms with Gasteiger partial charge >= 0.3 is 0 Å². The van der Waals surface area contributed by atoms with Gasteiger partial charge in [-0.1, -0.05) is 22.0 Å². The van der Waals surface area contributed by atoms with E-state index in [0.717, 1.165) is 13.6 Å². The van der Waals surface area contributed by atoms with Crippen molar-refractivity contribution >= 4 is 38.5 Å². The van der Waals surface area contributed by atoms with Gasteiger partial charge < -0.3 is 0 Å². The summed E-state index contributed by atoms with van der Waals surface area (Å²) in [5.74, 6) is 0.